The molecule has 0 amide bonds. The van der Waals surface area contributed by atoms with E-state index in [0.717, 1.165) is 57.4 Å². The number of nitrogens with zero attached hydrogens (tertiary/aromatic N) is 4. The first-order valence-corrected chi connectivity index (χ1v) is 18.4. The Hall–Kier alpha value is -4.77. The molecule has 4 aromatic carbocycles. The zero-order chi connectivity index (χ0) is 33.3. The Morgan fingerprint density at radius 1 is 0.735 bits per heavy atom. The minimum Gasteiger partial charge on any atom is -0.410 e. The summed E-state index contributed by atoms with van der Waals surface area (Å²) in [6.45, 7) is 4.26. The molecule has 8 aromatic rings. The van der Waals surface area contributed by atoms with Crippen LogP contribution < -0.4 is 0 Å². The molecular formula is C38H31ClN6O2S2. The van der Waals surface area contributed by atoms with E-state index in [2.05, 4.69) is 92.7 Å². The van der Waals surface area contributed by atoms with Crippen LogP contribution in [0.3, 0.4) is 0 Å². The van der Waals surface area contributed by atoms with E-state index in [0.29, 0.717) is 33.0 Å². The zero-order valence-corrected chi connectivity index (χ0v) is 29.2. The molecule has 8 rings (SSSR count). The van der Waals surface area contributed by atoms with Crippen molar-refractivity contribution in [1.29, 1.82) is 0 Å². The molecule has 11 heteroatoms. The van der Waals surface area contributed by atoms with Crippen molar-refractivity contribution in [2.24, 2.45) is 0 Å². The van der Waals surface area contributed by atoms with Gasteiger partial charge in [0.1, 0.15) is 11.4 Å². The Labute approximate surface area is 296 Å². The van der Waals surface area contributed by atoms with E-state index in [1.165, 1.54) is 39.6 Å². The predicted octanol–water partition coefficient (Wildman–Crippen LogP) is 10.6. The van der Waals surface area contributed by atoms with Gasteiger partial charge in [-0.1, -0.05) is 103 Å². The summed E-state index contributed by atoms with van der Waals surface area (Å²) in [6.07, 6.45) is 1.69. The number of nitrogens with one attached hydrogen (secondary N) is 2. The molecule has 0 radical (unpaired) electrons. The normalized spacial score (nSPS) is 11.7. The molecule has 0 spiro atoms. The van der Waals surface area contributed by atoms with Crippen LogP contribution in [-0.2, 0) is 18.6 Å². The molecule has 8 nitrogen and oxygen atoms in total. The van der Waals surface area contributed by atoms with Gasteiger partial charge in [0.2, 0.25) is 0 Å². The highest BCUT2D eigenvalue weighted by Gasteiger charge is 2.18. The number of fused-ring (bicyclic) bond motifs is 2. The Morgan fingerprint density at radius 3 is 2.45 bits per heavy atom. The summed E-state index contributed by atoms with van der Waals surface area (Å²) in [5.41, 5.74) is 10.9. The number of aromatic amines is 2. The SMILES string of the molecule is CCc1c(-c2nnc(SCc3ccc(C)c(-c4cccc(CCSc5nnc(-c6cc7ccccc7[nH]6)o5)c4)c3)o2)[nH]c2ccc(Cl)cc12. The Balaban J connectivity index is 0.912. The third kappa shape index (κ3) is 6.64. The number of hydrogen-bond donors (Lipinski definition) is 2. The van der Waals surface area contributed by atoms with Gasteiger partial charge in [-0.05, 0) is 83.5 Å². The fourth-order valence-electron chi connectivity index (χ4n) is 6.07. The second-order valence-electron chi connectivity index (χ2n) is 11.8. The minimum atomic E-state index is 0.486. The number of para-hydroxylation sites is 1. The molecule has 49 heavy (non-hydrogen) atoms. The first-order valence-electron chi connectivity index (χ1n) is 16.0. The first kappa shape index (κ1) is 31.5. The van der Waals surface area contributed by atoms with Crippen molar-refractivity contribution in [3.63, 3.8) is 0 Å². The van der Waals surface area contributed by atoms with Crippen molar-refractivity contribution in [3.05, 3.63) is 118 Å². The van der Waals surface area contributed by atoms with Gasteiger partial charge in [0, 0.05) is 38.3 Å². The fraction of sp³-hybridized carbons (Fsp3) is 0.158. The van der Waals surface area contributed by atoms with Crippen LogP contribution in [0.4, 0.5) is 0 Å². The van der Waals surface area contributed by atoms with Gasteiger partial charge in [-0.25, -0.2) is 0 Å². The summed E-state index contributed by atoms with van der Waals surface area (Å²) in [4.78, 5) is 6.78. The van der Waals surface area contributed by atoms with Gasteiger partial charge in [0.25, 0.3) is 22.2 Å². The maximum absolute atomic E-state index is 6.26. The summed E-state index contributed by atoms with van der Waals surface area (Å²) in [5.74, 6) is 2.52. The number of aromatic nitrogens is 6. The van der Waals surface area contributed by atoms with E-state index in [-0.39, 0.29) is 0 Å². The predicted molar refractivity (Wildman–Crippen MR) is 198 cm³/mol. The van der Waals surface area contributed by atoms with E-state index in [1.54, 1.807) is 11.8 Å². The second kappa shape index (κ2) is 13.6. The Bertz CT molecular complexity index is 2390. The zero-order valence-electron chi connectivity index (χ0n) is 26.8. The summed E-state index contributed by atoms with van der Waals surface area (Å²) in [6, 6.07) is 31.3. The van der Waals surface area contributed by atoms with Crippen molar-refractivity contribution in [1.82, 2.24) is 30.4 Å². The molecule has 0 bridgehead atoms. The van der Waals surface area contributed by atoms with Crippen LogP contribution >= 0.6 is 35.1 Å². The average molecular weight is 703 g/mol. The lowest BCUT2D eigenvalue weighted by Gasteiger charge is -2.10. The molecule has 0 saturated heterocycles. The van der Waals surface area contributed by atoms with Gasteiger partial charge >= 0.3 is 0 Å². The molecule has 0 fully saturated rings. The standard InChI is InChI=1S/C38H31ClN6O2S2/c1-3-28-30-20-27(39)13-14-32(30)41-34(28)36-43-45-38(47-36)49-21-24-12-11-22(2)29(18-24)25-9-6-7-23(17-25)15-16-48-37-44-42-35(46-37)33-19-26-8-4-5-10-31(26)40-33/h4-14,17-20,40-41H,3,15-16,21H2,1-2H3. The van der Waals surface area contributed by atoms with E-state index in [4.69, 9.17) is 20.4 Å². The van der Waals surface area contributed by atoms with Crippen LogP contribution in [0.2, 0.25) is 5.02 Å². The molecule has 0 unspecified atom stereocenters. The van der Waals surface area contributed by atoms with Crippen molar-refractivity contribution in [2.45, 2.75) is 42.9 Å². The molecule has 0 saturated carbocycles. The van der Waals surface area contributed by atoms with Gasteiger partial charge in [0.05, 0.1) is 0 Å². The van der Waals surface area contributed by atoms with Crippen molar-refractivity contribution < 1.29 is 8.83 Å². The van der Waals surface area contributed by atoms with Crippen LogP contribution in [0.1, 0.15) is 29.2 Å². The smallest absolute Gasteiger partial charge is 0.277 e. The van der Waals surface area contributed by atoms with Gasteiger partial charge in [0.15, 0.2) is 0 Å². The van der Waals surface area contributed by atoms with E-state index in [1.807, 2.05) is 42.5 Å². The molecular weight excluding hydrogens is 672 g/mol. The fourth-order valence-corrected chi connectivity index (χ4v) is 7.70. The van der Waals surface area contributed by atoms with Crippen LogP contribution in [-0.4, -0.2) is 36.1 Å². The van der Waals surface area contributed by atoms with Crippen molar-refractivity contribution in [2.75, 3.05) is 5.75 Å². The third-order valence-electron chi connectivity index (χ3n) is 8.53. The number of thioether (sulfide) groups is 2. The quantitative estimate of drug-likeness (QED) is 0.128. The van der Waals surface area contributed by atoms with Gasteiger partial charge in [-0.15, -0.1) is 20.4 Å². The summed E-state index contributed by atoms with van der Waals surface area (Å²) >= 11 is 9.37. The first-order chi connectivity index (χ1) is 24.0. The number of aryl methyl sites for hydroxylation is 3. The summed E-state index contributed by atoms with van der Waals surface area (Å²) in [5, 5.41) is 21.2. The molecule has 0 aliphatic heterocycles. The van der Waals surface area contributed by atoms with Gasteiger partial charge in [-0.2, -0.15) is 0 Å². The molecule has 244 valence electrons. The van der Waals surface area contributed by atoms with E-state index >= 15 is 0 Å². The summed E-state index contributed by atoms with van der Waals surface area (Å²) < 4.78 is 12.1. The van der Waals surface area contributed by atoms with Crippen LogP contribution in [0, 0.1) is 6.92 Å². The van der Waals surface area contributed by atoms with E-state index in [9.17, 15) is 0 Å². The highest BCUT2D eigenvalue weighted by molar-refractivity contribution is 7.99. The van der Waals surface area contributed by atoms with Gasteiger partial charge < -0.3 is 18.8 Å². The highest BCUT2D eigenvalue weighted by Crippen LogP contribution is 2.34. The third-order valence-corrected chi connectivity index (χ3v) is 10.5. The van der Waals surface area contributed by atoms with Crippen LogP contribution in [0.15, 0.2) is 110 Å². The number of rotatable bonds is 11. The Kier molecular flexibility index (Phi) is 8.76. The maximum atomic E-state index is 6.26. The summed E-state index contributed by atoms with van der Waals surface area (Å²) in [7, 11) is 0. The van der Waals surface area contributed by atoms with Crippen LogP contribution in [0.5, 0.6) is 0 Å². The van der Waals surface area contributed by atoms with Crippen molar-refractivity contribution in [3.8, 4) is 34.3 Å². The molecule has 2 N–H and O–H groups in total. The van der Waals surface area contributed by atoms with E-state index < -0.39 is 0 Å². The number of hydrogen-bond acceptors (Lipinski definition) is 8. The largest absolute Gasteiger partial charge is 0.410 e. The minimum absolute atomic E-state index is 0.486. The number of benzene rings is 4. The number of H-pyrrole nitrogens is 2. The number of halogens is 1. The molecule has 4 aromatic heterocycles. The average Bonchev–Trinajstić information content (AvgIpc) is 3.93. The maximum Gasteiger partial charge on any atom is 0.277 e. The molecule has 0 atom stereocenters. The molecule has 4 heterocycles. The molecule has 0 aliphatic rings. The topological polar surface area (TPSA) is 109 Å². The van der Waals surface area contributed by atoms with Gasteiger partial charge in [-0.3, -0.25) is 0 Å². The Morgan fingerprint density at radius 2 is 1.57 bits per heavy atom. The highest BCUT2D eigenvalue weighted by atomic mass is 35.5. The van der Waals surface area contributed by atoms with Crippen molar-refractivity contribution >= 4 is 56.9 Å². The molecule has 0 aliphatic carbocycles. The lowest BCUT2D eigenvalue weighted by molar-refractivity contribution is 0.464. The monoisotopic (exact) mass is 702 g/mol. The van der Waals surface area contributed by atoms with Crippen LogP contribution in [0.25, 0.3) is 56.1 Å². The lowest BCUT2D eigenvalue weighted by atomic mass is 9.96. The lowest BCUT2D eigenvalue weighted by Crippen LogP contribution is -1.92. The second-order valence-corrected chi connectivity index (χ2v) is 14.2.